The van der Waals surface area contributed by atoms with E-state index in [2.05, 4.69) is 25.0 Å². The van der Waals surface area contributed by atoms with Crippen LogP contribution in [-0.4, -0.2) is 34.1 Å². The van der Waals surface area contributed by atoms with Gasteiger partial charge in [-0.1, -0.05) is 0 Å². The third-order valence-electron chi connectivity index (χ3n) is 3.99. The van der Waals surface area contributed by atoms with Crippen molar-refractivity contribution in [1.29, 1.82) is 0 Å². The molecule has 0 saturated heterocycles. The zero-order valence-corrected chi connectivity index (χ0v) is 14.6. The lowest BCUT2D eigenvalue weighted by Gasteiger charge is -1.98. The molecule has 0 spiro atoms. The Morgan fingerprint density at radius 3 is 2.71 bits per heavy atom. The summed E-state index contributed by atoms with van der Waals surface area (Å²) in [5, 5.41) is 6.60. The normalized spacial score (nSPS) is 11.5. The summed E-state index contributed by atoms with van der Waals surface area (Å²) in [5.41, 5.74) is 6.35. The zero-order chi connectivity index (χ0) is 16.7. The first-order valence-electron chi connectivity index (χ1n) is 7.70. The van der Waals surface area contributed by atoms with Gasteiger partial charge in [0, 0.05) is 37.7 Å². The van der Waals surface area contributed by atoms with E-state index in [9.17, 15) is 0 Å². The van der Waals surface area contributed by atoms with Crippen molar-refractivity contribution in [3.05, 3.63) is 46.3 Å². The second-order valence-corrected chi connectivity index (χ2v) is 6.49. The minimum absolute atomic E-state index is 0.738. The van der Waals surface area contributed by atoms with E-state index in [0.717, 1.165) is 52.9 Å². The van der Waals surface area contributed by atoms with Crippen molar-refractivity contribution in [3.8, 4) is 11.4 Å². The van der Waals surface area contributed by atoms with Crippen LogP contribution in [0.4, 0.5) is 0 Å². The van der Waals surface area contributed by atoms with Crippen LogP contribution in [0.2, 0.25) is 0 Å². The van der Waals surface area contributed by atoms with E-state index in [4.69, 9.17) is 0 Å². The Morgan fingerprint density at radius 2 is 1.96 bits per heavy atom. The summed E-state index contributed by atoms with van der Waals surface area (Å²) in [6, 6.07) is 0. The zero-order valence-electron chi connectivity index (χ0n) is 13.8. The van der Waals surface area contributed by atoms with E-state index in [0.29, 0.717) is 0 Å². The maximum Gasteiger partial charge on any atom is 0.177 e. The number of aryl methyl sites for hydroxylation is 5. The summed E-state index contributed by atoms with van der Waals surface area (Å²) in [5.74, 6) is 1.82. The maximum atomic E-state index is 4.69. The van der Waals surface area contributed by atoms with Gasteiger partial charge in [-0.15, -0.1) is 11.3 Å². The van der Waals surface area contributed by atoms with Crippen molar-refractivity contribution < 1.29 is 0 Å². The van der Waals surface area contributed by atoms with Crippen LogP contribution < -0.4 is 0 Å². The Balaban J connectivity index is 1.57. The molecule has 122 valence electrons. The Hall–Kier alpha value is -2.61. The molecular weight excluding hydrogens is 322 g/mol. The lowest BCUT2D eigenvalue weighted by molar-refractivity contribution is 0.742. The van der Waals surface area contributed by atoms with Gasteiger partial charge < -0.3 is 4.57 Å². The molecule has 0 aliphatic rings. The van der Waals surface area contributed by atoms with Gasteiger partial charge in [0.25, 0.3) is 0 Å². The van der Waals surface area contributed by atoms with Crippen LogP contribution in [0.5, 0.6) is 0 Å². The summed E-state index contributed by atoms with van der Waals surface area (Å²) in [7, 11) is 2.01. The number of imidazole rings is 1. The summed E-state index contributed by atoms with van der Waals surface area (Å²) < 4.78 is 3.90. The predicted molar refractivity (Wildman–Crippen MR) is 92.0 cm³/mol. The minimum atomic E-state index is 0.738. The number of hydrogen-bond donors (Lipinski definition) is 0. The third-order valence-corrected chi connectivity index (χ3v) is 4.58. The van der Waals surface area contributed by atoms with Crippen molar-refractivity contribution in [3.63, 3.8) is 0 Å². The molecule has 4 aromatic rings. The monoisotopic (exact) mass is 339 g/mol. The van der Waals surface area contributed by atoms with Crippen LogP contribution in [0.15, 0.2) is 23.3 Å². The van der Waals surface area contributed by atoms with Gasteiger partial charge in [-0.25, -0.2) is 19.5 Å². The van der Waals surface area contributed by atoms with Crippen molar-refractivity contribution in [2.75, 3.05) is 0 Å². The number of rotatable bonds is 4. The lowest BCUT2D eigenvalue weighted by atomic mass is 10.3. The van der Waals surface area contributed by atoms with Crippen LogP contribution in [0, 0.1) is 13.8 Å². The van der Waals surface area contributed by atoms with Crippen LogP contribution >= 0.6 is 11.3 Å². The molecular formula is C16H17N7S. The minimum Gasteiger partial charge on any atom is -0.337 e. The van der Waals surface area contributed by atoms with Gasteiger partial charge in [-0.3, -0.25) is 4.98 Å². The molecule has 0 aliphatic heterocycles. The van der Waals surface area contributed by atoms with Crippen LogP contribution in [0.3, 0.4) is 0 Å². The highest BCUT2D eigenvalue weighted by atomic mass is 32.1. The fourth-order valence-corrected chi connectivity index (χ4v) is 3.21. The largest absolute Gasteiger partial charge is 0.337 e. The summed E-state index contributed by atoms with van der Waals surface area (Å²) in [4.78, 5) is 18.0. The molecule has 4 aromatic heterocycles. The molecule has 0 aliphatic carbocycles. The Kier molecular flexibility index (Phi) is 3.61. The smallest absolute Gasteiger partial charge is 0.177 e. The predicted octanol–water partition coefficient (Wildman–Crippen LogP) is 2.38. The fraction of sp³-hybridized carbons (Fsp3) is 0.312. The van der Waals surface area contributed by atoms with E-state index < -0.39 is 0 Å². The summed E-state index contributed by atoms with van der Waals surface area (Å²) >= 11 is 1.58. The average molecular weight is 339 g/mol. The van der Waals surface area contributed by atoms with Crippen molar-refractivity contribution in [2.24, 2.45) is 7.05 Å². The molecule has 4 heterocycles. The quantitative estimate of drug-likeness (QED) is 0.571. The maximum absolute atomic E-state index is 4.69. The molecule has 0 atom stereocenters. The van der Waals surface area contributed by atoms with Gasteiger partial charge in [0.1, 0.15) is 17.2 Å². The molecule has 0 N–H and O–H groups in total. The second kappa shape index (κ2) is 5.79. The molecule has 0 radical (unpaired) electrons. The number of aromatic nitrogens is 7. The highest BCUT2D eigenvalue weighted by molar-refractivity contribution is 7.07. The van der Waals surface area contributed by atoms with E-state index in [1.165, 1.54) is 0 Å². The van der Waals surface area contributed by atoms with Gasteiger partial charge >= 0.3 is 0 Å². The fourth-order valence-electron chi connectivity index (χ4n) is 2.67. The van der Waals surface area contributed by atoms with Crippen molar-refractivity contribution in [1.82, 2.24) is 34.1 Å². The van der Waals surface area contributed by atoms with Gasteiger partial charge in [0.05, 0.1) is 16.9 Å². The molecule has 8 heteroatoms. The highest BCUT2D eigenvalue weighted by Gasteiger charge is 2.12. The SMILES string of the molecule is Cc1ncc(C)n2nc(CCc3nc(-c4cscn4)cn3C)nc12. The van der Waals surface area contributed by atoms with Crippen molar-refractivity contribution in [2.45, 2.75) is 26.7 Å². The van der Waals surface area contributed by atoms with Crippen LogP contribution in [-0.2, 0) is 19.9 Å². The Morgan fingerprint density at radius 1 is 1.08 bits per heavy atom. The van der Waals surface area contributed by atoms with E-state index in [1.807, 2.05) is 53.3 Å². The molecule has 0 bridgehead atoms. The lowest BCUT2D eigenvalue weighted by Crippen LogP contribution is -2.01. The molecule has 0 unspecified atom stereocenters. The Labute approximate surface area is 143 Å². The molecule has 0 amide bonds. The van der Waals surface area contributed by atoms with Gasteiger partial charge in [0.15, 0.2) is 11.5 Å². The summed E-state index contributed by atoms with van der Waals surface area (Å²) in [6.45, 7) is 3.93. The second-order valence-electron chi connectivity index (χ2n) is 5.78. The Bertz CT molecular complexity index is 958. The first-order valence-corrected chi connectivity index (χ1v) is 8.65. The first kappa shape index (κ1) is 14.9. The molecule has 0 aromatic carbocycles. The molecule has 24 heavy (non-hydrogen) atoms. The van der Waals surface area contributed by atoms with Gasteiger partial charge in [-0.2, -0.15) is 5.10 Å². The summed E-state index contributed by atoms with van der Waals surface area (Å²) in [6.07, 6.45) is 5.35. The number of hydrogen-bond acceptors (Lipinski definition) is 6. The van der Waals surface area contributed by atoms with Crippen LogP contribution in [0.1, 0.15) is 23.0 Å². The van der Waals surface area contributed by atoms with E-state index in [1.54, 1.807) is 11.3 Å². The molecule has 7 nitrogen and oxygen atoms in total. The molecule has 4 rings (SSSR count). The van der Waals surface area contributed by atoms with Crippen LogP contribution in [0.25, 0.3) is 17.0 Å². The highest BCUT2D eigenvalue weighted by Crippen LogP contribution is 2.18. The molecule has 0 saturated carbocycles. The topological polar surface area (TPSA) is 73.8 Å². The standard InChI is InChI=1S/C16H17N7S/c1-10-6-17-11(2)16-20-14(21-23(10)16)4-5-15-19-12(7-22(15)3)13-8-24-9-18-13/h6-9H,4-5H2,1-3H3. The van der Waals surface area contributed by atoms with Gasteiger partial charge in [-0.05, 0) is 13.8 Å². The molecule has 0 fully saturated rings. The third kappa shape index (κ3) is 2.58. The van der Waals surface area contributed by atoms with Crippen molar-refractivity contribution >= 4 is 17.0 Å². The number of nitrogens with zero attached hydrogens (tertiary/aromatic N) is 7. The van der Waals surface area contributed by atoms with E-state index >= 15 is 0 Å². The van der Waals surface area contributed by atoms with Gasteiger partial charge in [0.2, 0.25) is 0 Å². The number of fused-ring (bicyclic) bond motifs is 1. The average Bonchev–Trinajstić information content (AvgIpc) is 3.28. The first-order chi connectivity index (χ1) is 11.6. The van der Waals surface area contributed by atoms with E-state index in [-0.39, 0.29) is 0 Å². The number of thiazole rings is 1.